The van der Waals surface area contributed by atoms with Crippen LogP contribution in [0.4, 0.5) is 5.82 Å². The van der Waals surface area contributed by atoms with E-state index in [4.69, 9.17) is 5.11 Å². The molecule has 0 amide bonds. The molecule has 2 heterocycles. The molecule has 96 valence electrons. The van der Waals surface area contributed by atoms with E-state index in [0.29, 0.717) is 17.4 Å². The summed E-state index contributed by atoms with van der Waals surface area (Å²) in [6.07, 6.45) is 3.32. The number of thioether (sulfide) groups is 1. The van der Waals surface area contributed by atoms with Crippen molar-refractivity contribution in [2.24, 2.45) is 7.05 Å². The van der Waals surface area contributed by atoms with Crippen LogP contribution in [0.3, 0.4) is 0 Å². The van der Waals surface area contributed by atoms with Gasteiger partial charge in [-0.1, -0.05) is 0 Å². The molecule has 0 fully saturated rings. The minimum absolute atomic E-state index is 0.162. The second-order valence-corrected chi connectivity index (χ2v) is 4.73. The summed E-state index contributed by atoms with van der Waals surface area (Å²) in [7, 11) is 1.87. The number of hydrogen-bond acceptors (Lipinski definition) is 6. The van der Waals surface area contributed by atoms with Gasteiger partial charge in [0.2, 0.25) is 0 Å². The number of anilines is 1. The molecule has 0 atom stereocenters. The molecule has 0 saturated heterocycles. The Kier molecular flexibility index (Phi) is 3.98. The zero-order valence-electron chi connectivity index (χ0n) is 9.83. The number of aryl methyl sites for hydroxylation is 1. The number of nitrogens with one attached hydrogen (secondary N) is 1. The Morgan fingerprint density at radius 3 is 3.11 bits per heavy atom. The quantitative estimate of drug-likeness (QED) is 0.594. The van der Waals surface area contributed by atoms with Crippen molar-refractivity contribution in [3.63, 3.8) is 0 Å². The van der Waals surface area contributed by atoms with E-state index in [1.54, 1.807) is 6.33 Å². The Hall–Kier alpha value is -1.83. The summed E-state index contributed by atoms with van der Waals surface area (Å²) in [6, 6.07) is 0. The van der Waals surface area contributed by atoms with Gasteiger partial charge in [0.1, 0.15) is 11.8 Å². The first-order valence-electron chi connectivity index (χ1n) is 5.34. The molecule has 8 heteroatoms. The molecule has 0 aliphatic rings. The highest BCUT2D eigenvalue weighted by molar-refractivity contribution is 7.99. The van der Waals surface area contributed by atoms with E-state index < -0.39 is 5.97 Å². The van der Waals surface area contributed by atoms with Gasteiger partial charge in [-0.25, -0.2) is 15.0 Å². The number of fused-ring (bicyclic) bond motifs is 1. The van der Waals surface area contributed by atoms with Gasteiger partial charge in [0.25, 0.3) is 0 Å². The highest BCUT2D eigenvalue weighted by Crippen LogP contribution is 2.17. The van der Waals surface area contributed by atoms with Crippen LogP contribution in [0.15, 0.2) is 12.7 Å². The fourth-order valence-corrected chi connectivity index (χ4v) is 2.13. The van der Waals surface area contributed by atoms with E-state index >= 15 is 0 Å². The van der Waals surface area contributed by atoms with Gasteiger partial charge in [-0.3, -0.25) is 4.79 Å². The second-order valence-electron chi connectivity index (χ2n) is 3.62. The average Bonchev–Trinajstić information content (AvgIpc) is 2.71. The maximum atomic E-state index is 10.3. The fraction of sp³-hybridized carbons (Fsp3) is 0.400. The largest absolute Gasteiger partial charge is 0.481 e. The third kappa shape index (κ3) is 2.89. The first-order chi connectivity index (χ1) is 8.68. The molecule has 18 heavy (non-hydrogen) atoms. The minimum atomic E-state index is -0.781. The van der Waals surface area contributed by atoms with Gasteiger partial charge in [0, 0.05) is 12.8 Å². The first-order valence-corrected chi connectivity index (χ1v) is 6.49. The van der Waals surface area contributed by atoms with Gasteiger partial charge >= 0.3 is 5.97 Å². The SMILES string of the molecule is Cn1cnc2c(NCSCCC(=O)O)ncnc21. The molecule has 2 N–H and O–H groups in total. The van der Waals surface area contributed by atoms with Crippen LogP contribution in [0.2, 0.25) is 0 Å². The summed E-state index contributed by atoms with van der Waals surface area (Å²) >= 11 is 1.50. The topological polar surface area (TPSA) is 92.9 Å². The van der Waals surface area contributed by atoms with Crippen molar-refractivity contribution in [3.8, 4) is 0 Å². The molecular weight excluding hydrogens is 254 g/mol. The number of nitrogens with zero attached hydrogens (tertiary/aromatic N) is 4. The van der Waals surface area contributed by atoms with Crippen molar-refractivity contribution < 1.29 is 9.90 Å². The normalized spacial score (nSPS) is 10.7. The summed E-state index contributed by atoms with van der Waals surface area (Å²) in [5, 5.41) is 11.6. The van der Waals surface area contributed by atoms with Gasteiger partial charge < -0.3 is 15.0 Å². The summed E-state index contributed by atoms with van der Waals surface area (Å²) in [6.45, 7) is 0. The number of hydrogen-bond donors (Lipinski definition) is 2. The molecule has 7 nitrogen and oxygen atoms in total. The van der Waals surface area contributed by atoms with Gasteiger partial charge in [0.15, 0.2) is 11.5 Å². The fourth-order valence-electron chi connectivity index (χ4n) is 1.43. The van der Waals surface area contributed by atoms with E-state index in [0.717, 1.165) is 11.2 Å². The maximum Gasteiger partial charge on any atom is 0.304 e. The van der Waals surface area contributed by atoms with Crippen molar-refractivity contribution >= 4 is 34.7 Å². The Morgan fingerprint density at radius 1 is 1.50 bits per heavy atom. The molecule has 0 unspecified atom stereocenters. The van der Waals surface area contributed by atoms with Crippen LogP contribution in [0.5, 0.6) is 0 Å². The standard InChI is InChI=1S/C10H13N5O2S/c1-15-5-13-8-9(11-4-12-10(8)15)14-6-18-3-2-7(16)17/h4-5H,2-3,6H2,1H3,(H,16,17)(H,11,12,14). The number of carboxylic acids is 1. The zero-order chi connectivity index (χ0) is 13.0. The third-order valence-electron chi connectivity index (χ3n) is 2.30. The lowest BCUT2D eigenvalue weighted by Gasteiger charge is -2.04. The number of aliphatic carboxylic acids is 1. The monoisotopic (exact) mass is 267 g/mol. The van der Waals surface area contributed by atoms with Crippen LogP contribution in [-0.2, 0) is 11.8 Å². The number of carboxylic acid groups (broad SMARTS) is 1. The predicted molar refractivity (Wildman–Crippen MR) is 69.5 cm³/mol. The van der Waals surface area contributed by atoms with E-state index in [1.165, 1.54) is 18.1 Å². The third-order valence-corrected chi connectivity index (χ3v) is 3.14. The molecule has 0 radical (unpaired) electrons. The van der Waals surface area contributed by atoms with E-state index in [-0.39, 0.29) is 6.42 Å². The number of rotatable bonds is 6. The Labute approximate surface area is 108 Å². The molecule has 0 bridgehead atoms. The van der Waals surface area contributed by atoms with Crippen LogP contribution in [0, 0.1) is 0 Å². The van der Waals surface area contributed by atoms with Crippen molar-refractivity contribution in [3.05, 3.63) is 12.7 Å². The minimum Gasteiger partial charge on any atom is -0.481 e. The summed E-state index contributed by atoms with van der Waals surface area (Å²) in [5.74, 6) is 1.05. The molecule has 2 aromatic rings. The molecule has 0 aliphatic carbocycles. The van der Waals surface area contributed by atoms with E-state index in [2.05, 4.69) is 20.3 Å². The first kappa shape index (κ1) is 12.6. The predicted octanol–water partition coefficient (Wildman–Crippen LogP) is 0.941. The van der Waals surface area contributed by atoms with Crippen LogP contribution in [0.25, 0.3) is 11.2 Å². The number of carbonyl (C=O) groups is 1. The number of imidazole rings is 1. The molecule has 0 aliphatic heterocycles. The van der Waals surface area contributed by atoms with Crippen LogP contribution < -0.4 is 5.32 Å². The lowest BCUT2D eigenvalue weighted by atomic mass is 10.5. The van der Waals surface area contributed by atoms with Gasteiger partial charge in [0.05, 0.1) is 18.6 Å². The lowest BCUT2D eigenvalue weighted by Crippen LogP contribution is -2.04. The zero-order valence-corrected chi connectivity index (χ0v) is 10.6. The summed E-state index contributed by atoms with van der Waals surface area (Å²) in [5.41, 5.74) is 1.49. The van der Waals surface area contributed by atoms with Crippen molar-refractivity contribution in [1.82, 2.24) is 19.5 Å². The maximum absolute atomic E-state index is 10.3. The van der Waals surface area contributed by atoms with Crippen molar-refractivity contribution in [1.29, 1.82) is 0 Å². The van der Waals surface area contributed by atoms with Crippen molar-refractivity contribution in [2.45, 2.75) is 6.42 Å². The van der Waals surface area contributed by atoms with E-state index in [9.17, 15) is 4.79 Å². The molecule has 2 aromatic heterocycles. The van der Waals surface area contributed by atoms with Gasteiger partial charge in [-0.05, 0) is 0 Å². The highest BCUT2D eigenvalue weighted by atomic mass is 32.2. The smallest absolute Gasteiger partial charge is 0.304 e. The number of aromatic nitrogens is 4. The molecule has 0 spiro atoms. The Balaban J connectivity index is 1.93. The Morgan fingerprint density at radius 2 is 2.33 bits per heavy atom. The van der Waals surface area contributed by atoms with Crippen molar-refractivity contribution in [2.75, 3.05) is 16.9 Å². The highest BCUT2D eigenvalue weighted by Gasteiger charge is 2.07. The average molecular weight is 267 g/mol. The molecule has 0 saturated carbocycles. The lowest BCUT2D eigenvalue weighted by molar-refractivity contribution is -0.136. The van der Waals surface area contributed by atoms with Gasteiger partial charge in [-0.15, -0.1) is 11.8 Å². The summed E-state index contributed by atoms with van der Waals surface area (Å²) < 4.78 is 1.82. The summed E-state index contributed by atoms with van der Waals surface area (Å²) in [4.78, 5) is 22.8. The van der Waals surface area contributed by atoms with Crippen LogP contribution in [-0.4, -0.2) is 42.2 Å². The molecular formula is C10H13N5O2S. The van der Waals surface area contributed by atoms with E-state index in [1.807, 2.05) is 11.6 Å². The molecule has 0 aromatic carbocycles. The second kappa shape index (κ2) is 5.67. The van der Waals surface area contributed by atoms with Crippen LogP contribution in [0.1, 0.15) is 6.42 Å². The van der Waals surface area contributed by atoms with Gasteiger partial charge in [-0.2, -0.15) is 0 Å². The van der Waals surface area contributed by atoms with Crippen LogP contribution >= 0.6 is 11.8 Å². The molecule has 2 rings (SSSR count). The Bertz CT molecular complexity index is 556.